The number of nitrogens with one attached hydrogen (secondary N) is 1. The third kappa shape index (κ3) is 56.7. The summed E-state index contributed by atoms with van der Waals surface area (Å²) >= 11 is 0. The molecule has 0 aromatic rings. The molecule has 71 heavy (non-hydrogen) atoms. The second-order valence-corrected chi connectivity index (χ2v) is 21.0. The second-order valence-electron chi connectivity index (χ2n) is 21.0. The molecule has 0 aromatic carbocycles. The van der Waals surface area contributed by atoms with Crippen LogP contribution >= 0.6 is 0 Å². The highest BCUT2D eigenvalue weighted by Crippen LogP contribution is 2.16. The second kappa shape index (κ2) is 60.1. The van der Waals surface area contributed by atoms with Crippen LogP contribution in [0.15, 0.2) is 60.8 Å². The Hall–Kier alpha value is -2.44. The maximum Gasteiger partial charge on any atom is 0.305 e. The van der Waals surface area contributed by atoms with Crippen LogP contribution in [0.3, 0.4) is 0 Å². The molecule has 0 bridgehead atoms. The molecule has 2 unspecified atom stereocenters. The van der Waals surface area contributed by atoms with Gasteiger partial charge in [0.25, 0.3) is 0 Å². The van der Waals surface area contributed by atoms with Crippen molar-refractivity contribution < 1.29 is 24.5 Å². The third-order valence-corrected chi connectivity index (χ3v) is 14.0. The highest BCUT2D eigenvalue weighted by molar-refractivity contribution is 5.76. The molecule has 6 nitrogen and oxygen atoms in total. The fourth-order valence-corrected chi connectivity index (χ4v) is 9.22. The van der Waals surface area contributed by atoms with Crippen LogP contribution in [0, 0.1) is 0 Å². The number of hydrogen-bond donors (Lipinski definition) is 3. The Morgan fingerprint density at radius 3 is 1.10 bits per heavy atom. The van der Waals surface area contributed by atoms with Gasteiger partial charge in [0.2, 0.25) is 5.91 Å². The summed E-state index contributed by atoms with van der Waals surface area (Å²) in [6.07, 6.45) is 78.2. The minimum absolute atomic E-state index is 0.00809. The number of aliphatic hydroxyl groups excluding tert-OH is 2. The quantitative estimate of drug-likeness (QED) is 0.0321. The van der Waals surface area contributed by atoms with Crippen molar-refractivity contribution in [2.45, 2.75) is 328 Å². The normalized spacial score (nSPS) is 13.0. The standard InChI is InChI=1S/C65H119NO5/c1-3-5-7-9-11-13-15-17-19-30-33-37-41-45-49-53-57-63(68)62(61-67)66-64(69)58-54-50-46-42-38-34-31-27-25-23-21-20-22-24-26-28-32-36-40-44-48-52-56-60-71-65(70)59-55-51-47-43-39-35-29-18-16-14-12-10-8-6-4-2/h12,14,18,20,22-23,25,29,53,57,62-63,67-68H,3-11,13,15-17,19,21,24,26-28,30-52,54-56,58-61H2,1-2H3,(H,66,69)/b14-12-,22-20-,25-23-,29-18-,57-53+. The van der Waals surface area contributed by atoms with Crippen molar-refractivity contribution in [1.82, 2.24) is 5.32 Å². The van der Waals surface area contributed by atoms with Crippen LogP contribution in [0.4, 0.5) is 0 Å². The maximum absolute atomic E-state index is 12.5. The molecule has 0 saturated carbocycles. The molecule has 3 N–H and O–H groups in total. The smallest absolute Gasteiger partial charge is 0.305 e. The van der Waals surface area contributed by atoms with E-state index in [1.807, 2.05) is 6.08 Å². The average molecular weight is 995 g/mol. The molecular weight excluding hydrogens is 875 g/mol. The zero-order chi connectivity index (χ0) is 51.4. The largest absolute Gasteiger partial charge is 0.466 e. The van der Waals surface area contributed by atoms with Crippen LogP contribution in [0.2, 0.25) is 0 Å². The van der Waals surface area contributed by atoms with Gasteiger partial charge >= 0.3 is 5.97 Å². The first-order valence-corrected chi connectivity index (χ1v) is 31.1. The number of hydrogen-bond acceptors (Lipinski definition) is 5. The summed E-state index contributed by atoms with van der Waals surface area (Å²) in [6, 6.07) is -0.637. The fourth-order valence-electron chi connectivity index (χ4n) is 9.22. The Labute approximate surface area is 441 Å². The number of ether oxygens (including phenoxy) is 1. The Balaban J connectivity index is 3.49. The number of allylic oxidation sites excluding steroid dienone is 9. The van der Waals surface area contributed by atoms with E-state index < -0.39 is 12.1 Å². The Morgan fingerprint density at radius 2 is 0.704 bits per heavy atom. The fraction of sp³-hybridized carbons (Fsp3) is 0.815. The number of esters is 1. The number of carbonyl (C=O) groups excluding carboxylic acids is 2. The van der Waals surface area contributed by atoms with Gasteiger partial charge in [0, 0.05) is 12.8 Å². The molecule has 0 aromatic heterocycles. The summed E-state index contributed by atoms with van der Waals surface area (Å²) in [5.74, 6) is -0.0864. The van der Waals surface area contributed by atoms with Crippen LogP contribution in [0.1, 0.15) is 316 Å². The van der Waals surface area contributed by atoms with Gasteiger partial charge in [-0.25, -0.2) is 0 Å². The lowest BCUT2D eigenvalue weighted by molar-refractivity contribution is -0.143. The summed E-state index contributed by atoms with van der Waals surface area (Å²) in [5.41, 5.74) is 0. The average Bonchev–Trinajstić information content (AvgIpc) is 3.37. The van der Waals surface area contributed by atoms with Crippen LogP contribution in [0.25, 0.3) is 0 Å². The van der Waals surface area contributed by atoms with E-state index in [4.69, 9.17) is 4.74 Å². The SMILES string of the molecule is CCCCC/C=C\C/C=C\CCCCCCCC(=O)OCCCCCCCCCCC/C=C\C/C=C\CCCCCCCCCC(=O)NC(CO)C(O)/C=C/CCCCCCCCCCCCCCCC. The van der Waals surface area contributed by atoms with E-state index in [-0.39, 0.29) is 18.5 Å². The molecule has 0 aliphatic rings. The van der Waals surface area contributed by atoms with E-state index in [0.717, 1.165) is 70.6 Å². The minimum atomic E-state index is -0.852. The van der Waals surface area contributed by atoms with Gasteiger partial charge in [-0.15, -0.1) is 0 Å². The van der Waals surface area contributed by atoms with Crippen LogP contribution in [0.5, 0.6) is 0 Å². The molecule has 414 valence electrons. The number of amides is 1. The molecule has 0 saturated heterocycles. The van der Waals surface area contributed by atoms with Gasteiger partial charge in [-0.05, 0) is 96.3 Å². The molecule has 1 amide bonds. The van der Waals surface area contributed by atoms with Gasteiger partial charge in [-0.3, -0.25) is 9.59 Å². The molecule has 0 fully saturated rings. The lowest BCUT2D eigenvalue weighted by atomic mass is 10.0. The van der Waals surface area contributed by atoms with E-state index in [0.29, 0.717) is 19.4 Å². The van der Waals surface area contributed by atoms with Crippen LogP contribution in [-0.2, 0) is 14.3 Å². The minimum Gasteiger partial charge on any atom is -0.466 e. The van der Waals surface area contributed by atoms with Crippen LogP contribution < -0.4 is 5.32 Å². The van der Waals surface area contributed by atoms with Gasteiger partial charge in [0.05, 0.1) is 25.4 Å². The summed E-state index contributed by atoms with van der Waals surface area (Å²) < 4.78 is 5.47. The topological polar surface area (TPSA) is 95.9 Å². The molecule has 0 radical (unpaired) electrons. The molecule has 0 aliphatic heterocycles. The number of aliphatic hydroxyl groups is 2. The van der Waals surface area contributed by atoms with Gasteiger partial charge in [0.1, 0.15) is 0 Å². The number of rotatable bonds is 57. The number of carbonyl (C=O) groups is 2. The first-order valence-electron chi connectivity index (χ1n) is 31.1. The van der Waals surface area contributed by atoms with Crippen molar-refractivity contribution in [3.05, 3.63) is 60.8 Å². The van der Waals surface area contributed by atoms with E-state index in [1.165, 1.54) is 218 Å². The van der Waals surface area contributed by atoms with Gasteiger partial charge in [-0.1, -0.05) is 267 Å². The van der Waals surface area contributed by atoms with Crippen molar-refractivity contribution in [3.8, 4) is 0 Å². The molecule has 0 spiro atoms. The van der Waals surface area contributed by atoms with Crippen molar-refractivity contribution >= 4 is 11.9 Å². The summed E-state index contributed by atoms with van der Waals surface area (Å²) in [5, 5.41) is 23.1. The van der Waals surface area contributed by atoms with E-state index in [1.54, 1.807) is 6.08 Å². The Kier molecular flexibility index (Phi) is 58.1. The monoisotopic (exact) mass is 994 g/mol. The van der Waals surface area contributed by atoms with Crippen molar-refractivity contribution in [2.24, 2.45) is 0 Å². The Morgan fingerprint density at radius 1 is 0.394 bits per heavy atom. The first kappa shape index (κ1) is 68.6. The van der Waals surface area contributed by atoms with Crippen LogP contribution in [-0.4, -0.2) is 47.4 Å². The number of unbranched alkanes of at least 4 members (excludes halogenated alkanes) is 38. The zero-order valence-corrected chi connectivity index (χ0v) is 47.2. The van der Waals surface area contributed by atoms with E-state index >= 15 is 0 Å². The highest BCUT2D eigenvalue weighted by Gasteiger charge is 2.18. The summed E-state index contributed by atoms with van der Waals surface area (Å²) in [6.45, 7) is 4.87. The summed E-state index contributed by atoms with van der Waals surface area (Å²) in [4.78, 5) is 24.5. The van der Waals surface area contributed by atoms with Gasteiger partial charge in [0.15, 0.2) is 0 Å². The highest BCUT2D eigenvalue weighted by atomic mass is 16.5. The van der Waals surface area contributed by atoms with E-state index in [9.17, 15) is 19.8 Å². The molecule has 0 rings (SSSR count). The predicted molar refractivity (Wildman–Crippen MR) is 310 cm³/mol. The van der Waals surface area contributed by atoms with Crippen molar-refractivity contribution in [1.29, 1.82) is 0 Å². The van der Waals surface area contributed by atoms with Gasteiger partial charge < -0.3 is 20.3 Å². The Bertz CT molecular complexity index is 1240. The lowest BCUT2D eigenvalue weighted by Crippen LogP contribution is -2.45. The van der Waals surface area contributed by atoms with Crippen molar-refractivity contribution in [3.63, 3.8) is 0 Å². The van der Waals surface area contributed by atoms with E-state index in [2.05, 4.69) is 67.8 Å². The summed E-state index contributed by atoms with van der Waals surface area (Å²) in [7, 11) is 0. The predicted octanol–water partition coefficient (Wildman–Crippen LogP) is 19.5. The maximum atomic E-state index is 12.5. The third-order valence-electron chi connectivity index (χ3n) is 14.0. The molecule has 0 aliphatic carbocycles. The molecule has 0 heterocycles. The van der Waals surface area contributed by atoms with Crippen molar-refractivity contribution in [2.75, 3.05) is 13.2 Å². The first-order chi connectivity index (χ1) is 35.0. The molecule has 2 atom stereocenters. The van der Waals surface area contributed by atoms with Gasteiger partial charge in [-0.2, -0.15) is 0 Å². The lowest BCUT2D eigenvalue weighted by Gasteiger charge is -2.20. The molecule has 6 heteroatoms. The zero-order valence-electron chi connectivity index (χ0n) is 47.2. The molecular formula is C65H119NO5.